The summed E-state index contributed by atoms with van der Waals surface area (Å²) in [6.07, 6.45) is 0. The number of hydrogen-bond acceptors (Lipinski definition) is 1. The van der Waals surface area contributed by atoms with E-state index < -0.39 is 0 Å². The Labute approximate surface area is 105 Å². The summed E-state index contributed by atoms with van der Waals surface area (Å²) in [6.45, 7) is 0. The second-order valence-electron chi connectivity index (χ2n) is 3.15. The van der Waals surface area contributed by atoms with Gasteiger partial charge in [0.2, 0.25) is 0 Å². The van der Waals surface area contributed by atoms with Gasteiger partial charge in [-0.05, 0) is 53.4 Å². The highest BCUT2D eigenvalue weighted by molar-refractivity contribution is 8.03. The van der Waals surface area contributed by atoms with Gasteiger partial charge in [-0.25, -0.2) is 0 Å². The molecule has 0 radical (unpaired) electrons. The number of rotatable bonds is 1. The summed E-state index contributed by atoms with van der Waals surface area (Å²) >= 11 is 7.30. The lowest BCUT2D eigenvalue weighted by Crippen LogP contribution is -1.70. The summed E-state index contributed by atoms with van der Waals surface area (Å²) in [5.41, 5.74) is 1.03. The molecule has 2 aromatic rings. The molecule has 0 saturated carbocycles. The molecule has 0 atom stereocenters. The highest BCUT2D eigenvalue weighted by atomic mass is 35.5. The van der Waals surface area contributed by atoms with Crippen molar-refractivity contribution < 1.29 is 0 Å². The zero-order valence-corrected chi connectivity index (χ0v) is 10.1. The fourth-order valence-electron chi connectivity index (χ4n) is 1.17. The van der Waals surface area contributed by atoms with Gasteiger partial charge < -0.3 is 0 Å². The van der Waals surface area contributed by atoms with Gasteiger partial charge in [-0.2, -0.15) is 0 Å². The van der Waals surface area contributed by atoms with Gasteiger partial charge in [0.05, 0.1) is 0 Å². The number of benzene rings is 2. The molecule has 0 aliphatic rings. The quantitative estimate of drug-likeness (QED) is 0.528. The van der Waals surface area contributed by atoms with E-state index in [4.69, 9.17) is 11.6 Å². The van der Waals surface area contributed by atoms with Crippen molar-refractivity contribution in [1.29, 1.82) is 0 Å². The molecule has 0 saturated heterocycles. The number of halogens is 1. The van der Waals surface area contributed by atoms with Crippen molar-refractivity contribution in [2.75, 3.05) is 0 Å². The van der Waals surface area contributed by atoms with Gasteiger partial charge in [-0.3, -0.25) is 0 Å². The van der Waals surface area contributed by atoms with Gasteiger partial charge in [0.1, 0.15) is 0 Å². The molecule has 2 aromatic carbocycles. The van der Waals surface area contributed by atoms with E-state index in [9.17, 15) is 0 Å². The fraction of sp³-hybridized carbons (Fsp3) is 0. The first-order valence-electron chi connectivity index (χ1n) is 4.83. The van der Waals surface area contributed by atoms with Gasteiger partial charge in [0, 0.05) is 15.5 Å². The Kier molecular flexibility index (Phi) is 3.93. The Bertz CT molecular complexity index is 506. The van der Waals surface area contributed by atoms with Gasteiger partial charge in [-0.1, -0.05) is 35.7 Å². The van der Waals surface area contributed by atoms with E-state index in [1.165, 1.54) is 11.8 Å². The first-order chi connectivity index (χ1) is 7.84. The highest BCUT2D eigenvalue weighted by Crippen LogP contribution is 2.19. The summed E-state index contributed by atoms with van der Waals surface area (Å²) in [6, 6.07) is 17.6. The number of thioether (sulfide) groups is 1. The zero-order valence-electron chi connectivity index (χ0n) is 8.48. The van der Waals surface area contributed by atoms with Crippen molar-refractivity contribution in [1.82, 2.24) is 0 Å². The van der Waals surface area contributed by atoms with Crippen LogP contribution in [-0.2, 0) is 0 Å². The lowest BCUT2D eigenvalue weighted by Gasteiger charge is -1.93. The Hall–Kier alpha value is -1.36. The van der Waals surface area contributed by atoms with Crippen molar-refractivity contribution in [2.45, 2.75) is 4.90 Å². The number of hydrogen-bond donors (Lipinski definition) is 0. The SMILES string of the molecule is Clc1ccc(SC#Cc2ccccc2)cc1. The first-order valence-corrected chi connectivity index (χ1v) is 6.02. The van der Waals surface area contributed by atoms with Crippen LogP contribution in [0.3, 0.4) is 0 Å². The molecule has 0 aliphatic carbocycles. The van der Waals surface area contributed by atoms with E-state index in [-0.39, 0.29) is 0 Å². The summed E-state index contributed by atoms with van der Waals surface area (Å²) in [5, 5.41) is 3.81. The molecule has 0 N–H and O–H groups in total. The van der Waals surface area contributed by atoms with Crippen LogP contribution in [0.15, 0.2) is 59.5 Å². The molecule has 0 bridgehead atoms. The largest absolute Gasteiger partial charge is 0.0843 e. The molecular weight excluding hydrogens is 236 g/mol. The van der Waals surface area contributed by atoms with E-state index in [1.54, 1.807) is 0 Å². The molecule has 0 nitrogen and oxygen atoms in total. The van der Waals surface area contributed by atoms with Gasteiger partial charge >= 0.3 is 0 Å². The van der Waals surface area contributed by atoms with Crippen molar-refractivity contribution >= 4 is 23.4 Å². The maximum Gasteiger partial charge on any atom is 0.0406 e. The molecule has 2 rings (SSSR count). The van der Waals surface area contributed by atoms with E-state index in [0.29, 0.717) is 0 Å². The Balaban J connectivity index is 2.03. The third kappa shape index (κ3) is 3.34. The van der Waals surface area contributed by atoms with Crippen LogP contribution in [0.5, 0.6) is 0 Å². The Morgan fingerprint density at radius 3 is 2.25 bits per heavy atom. The maximum atomic E-state index is 5.80. The molecule has 2 heteroatoms. The minimum absolute atomic E-state index is 0.750. The molecule has 16 heavy (non-hydrogen) atoms. The van der Waals surface area contributed by atoms with Crippen LogP contribution in [0.1, 0.15) is 5.56 Å². The zero-order chi connectivity index (χ0) is 11.2. The minimum Gasteiger partial charge on any atom is -0.0843 e. The molecule has 78 valence electrons. The first kappa shape index (κ1) is 11.1. The average molecular weight is 245 g/mol. The topological polar surface area (TPSA) is 0 Å². The van der Waals surface area contributed by atoms with Crippen molar-refractivity contribution in [3.05, 3.63) is 65.2 Å². The summed E-state index contributed by atoms with van der Waals surface area (Å²) < 4.78 is 0. The molecule has 0 amide bonds. The molecule has 0 aliphatic heterocycles. The van der Waals surface area contributed by atoms with Crippen LogP contribution >= 0.6 is 23.4 Å². The Morgan fingerprint density at radius 2 is 1.56 bits per heavy atom. The average Bonchev–Trinajstić information content (AvgIpc) is 2.33. The van der Waals surface area contributed by atoms with Crippen LogP contribution in [0, 0.1) is 11.2 Å². The summed E-state index contributed by atoms with van der Waals surface area (Å²) in [5.74, 6) is 3.09. The predicted octanol–water partition coefficient (Wildman–Crippen LogP) is 4.44. The van der Waals surface area contributed by atoms with Crippen molar-refractivity contribution in [2.24, 2.45) is 0 Å². The second-order valence-corrected chi connectivity index (χ2v) is 4.47. The van der Waals surface area contributed by atoms with Gasteiger partial charge in [-0.15, -0.1) is 0 Å². The van der Waals surface area contributed by atoms with Gasteiger partial charge in [0.15, 0.2) is 0 Å². The van der Waals surface area contributed by atoms with Crippen LogP contribution in [0.4, 0.5) is 0 Å². The molecule has 0 unspecified atom stereocenters. The molecule has 0 fully saturated rings. The molecule has 0 heterocycles. The summed E-state index contributed by atoms with van der Waals surface area (Å²) in [4.78, 5) is 1.10. The second kappa shape index (κ2) is 5.65. The Morgan fingerprint density at radius 1 is 0.875 bits per heavy atom. The lowest BCUT2D eigenvalue weighted by atomic mass is 10.2. The fourth-order valence-corrected chi connectivity index (χ4v) is 1.85. The maximum absolute atomic E-state index is 5.80. The van der Waals surface area contributed by atoms with Crippen LogP contribution in [-0.4, -0.2) is 0 Å². The normalized spacial score (nSPS) is 9.31. The summed E-state index contributed by atoms with van der Waals surface area (Å²) in [7, 11) is 0. The van der Waals surface area contributed by atoms with E-state index >= 15 is 0 Å². The van der Waals surface area contributed by atoms with Crippen LogP contribution in [0.2, 0.25) is 5.02 Å². The van der Waals surface area contributed by atoms with E-state index in [2.05, 4.69) is 11.2 Å². The third-order valence-corrected chi connectivity index (χ3v) is 2.92. The van der Waals surface area contributed by atoms with Gasteiger partial charge in [0.25, 0.3) is 0 Å². The molecular formula is C14H9ClS. The lowest BCUT2D eigenvalue weighted by molar-refractivity contribution is 1.47. The van der Waals surface area contributed by atoms with Crippen molar-refractivity contribution in [3.63, 3.8) is 0 Å². The third-order valence-electron chi connectivity index (χ3n) is 1.95. The van der Waals surface area contributed by atoms with Crippen LogP contribution < -0.4 is 0 Å². The minimum atomic E-state index is 0.750. The predicted molar refractivity (Wildman–Crippen MR) is 70.6 cm³/mol. The smallest absolute Gasteiger partial charge is 0.0406 e. The van der Waals surface area contributed by atoms with E-state index in [0.717, 1.165) is 15.5 Å². The molecule has 0 aromatic heterocycles. The molecule has 0 spiro atoms. The van der Waals surface area contributed by atoms with Crippen LogP contribution in [0.25, 0.3) is 0 Å². The van der Waals surface area contributed by atoms with Crippen molar-refractivity contribution in [3.8, 4) is 11.2 Å². The monoisotopic (exact) mass is 244 g/mol. The highest BCUT2D eigenvalue weighted by Gasteiger charge is 1.90. The standard InChI is InChI=1S/C14H9ClS/c15-13-6-8-14(9-7-13)16-11-10-12-4-2-1-3-5-12/h1-9H. The van der Waals surface area contributed by atoms with E-state index in [1.807, 2.05) is 54.6 Å².